The lowest BCUT2D eigenvalue weighted by atomic mass is 9.89. The van der Waals surface area contributed by atoms with Crippen LogP contribution in [-0.4, -0.2) is 80.0 Å². The number of aromatic nitrogens is 5. The molecule has 5 heterocycles. The van der Waals surface area contributed by atoms with Gasteiger partial charge in [0, 0.05) is 57.2 Å². The fourth-order valence-corrected chi connectivity index (χ4v) is 6.75. The topological polar surface area (TPSA) is 105 Å². The molecule has 6 rings (SSSR count). The molecule has 3 aliphatic rings. The standard InChI is InChI=1S/C25H37N9OS/c1-16-13-26-9-10-33(16)20-5-3-18(4-6-20)28-23-22-17(2)32-36-24(22)31-25(30-23)29-19-14-27-34(15-19)21-7-11-35-12-8-21/h14-16,18,20-21,26H,3-13H2,1-2H3,(H2,28,29,30,31). The number of hydrogen-bond donors (Lipinski definition) is 3. The third kappa shape index (κ3) is 5.06. The van der Waals surface area contributed by atoms with Crippen LogP contribution in [0.25, 0.3) is 10.2 Å². The molecule has 0 aromatic carbocycles. The third-order valence-electron chi connectivity index (χ3n) is 7.99. The van der Waals surface area contributed by atoms with Gasteiger partial charge in [0.1, 0.15) is 5.82 Å². The van der Waals surface area contributed by atoms with E-state index in [0.717, 1.165) is 85.9 Å². The highest BCUT2D eigenvalue weighted by molar-refractivity contribution is 7.13. The summed E-state index contributed by atoms with van der Waals surface area (Å²) >= 11 is 1.43. The summed E-state index contributed by atoms with van der Waals surface area (Å²) < 4.78 is 12.1. The summed E-state index contributed by atoms with van der Waals surface area (Å²) in [6.45, 7) is 9.35. The minimum atomic E-state index is 0.387. The van der Waals surface area contributed by atoms with Crippen LogP contribution >= 0.6 is 11.5 Å². The van der Waals surface area contributed by atoms with Crippen LogP contribution in [0.4, 0.5) is 17.5 Å². The number of rotatable bonds is 6. The van der Waals surface area contributed by atoms with Crippen molar-refractivity contribution in [2.45, 2.75) is 76.5 Å². The molecule has 3 aromatic heterocycles. The van der Waals surface area contributed by atoms with Gasteiger partial charge in [-0.2, -0.15) is 19.4 Å². The number of nitrogens with one attached hydrogen (secondary N) is 3. The molecule has 0 amide bonds. The van der Waals surface area contributed by atoms with Crippen molar-refractivity contribution in [1.82, 2.24) is 34.3 Å². The van der Waals surface area contributed by atoms with Crippen molar-refractivity contribution >= 4 is 39.2 Å². The zero-order valence-electron chi connectivity index (χ0n) is 21.2. The smallest absolute Gasteiger partial charge is 0.230 e. The monoisotopic (exact) mass is 511 g/mol. The Kier molecular flexibility index (Phi) is 7.05. The Morgan fingerprint density at radius 3 is 2.72 bits per heavy atom. The van der Waals surface area contributed by atoms with Gasteiger partial charge in [-0.3, -0.25) is 9.58 Å². The van der Waals surface area contributed by atoms with Crippen LogP contribution in [-0.2, 0) is 4.74 Å². The minimum Gasteiger partial charge on any atom is -0.381 e. The van der Waals surface area contributed by atoms with Crippen molar-refractivity contribution in [2.75, 3.05) is 43.5 Å². The average Bonchev–Trinajstić information content (AvgIpc) is 3.52. The summed E-state index contributed by atoms with van der Waals surface area (Å²) in [6.07, 6.45) is 10.7. The molecule has 10 nitrogen and oxygen atoms in total. The summed E-state index contributed by atoms with van der Waals surface area (Å²) in [6, 6.07) is 2.12. The van der Waals surface area contributed by atoms with Crippen molar-refractivity contribution in [2.24, 2.45) is 0 Å². The highest BCUT2D eigenvalue weighted by Gasteiger charge is 2.30. The van der Waals surface area contributed by atoms with Gasteiger partial charge in [0.25, 0.3) is 0 Å². The van der Waals surface area contributed by atoms with E-state index < -0.39 is 0 Å². The Balaban J connectivity index is 1.15. The number of piperazine rings is 1. The summed E-state index contributed by atoms with van der Waals surface area (Å²) in [4.78, 5) is 13.3. The molecule has 11 heteroatoms. The predicted octanol–water partition coefficient (Wildman–Crippen LogP) is 3.70. The number of fused-ring (bicyclic) bond motifs is 1. The van der Waals surface area contributed by atoms with Crippen LogP contribution in [0.2, 0.25) is 0 Å². The number of nitrogens with zero attached hydrogens (tertiary/aromatic N) is 6. The molecular weight excluding hydrogens is 474 g/mol. The SMILES string of the molecule is Cc1nsc2nc(Nc3cnn(C4CCOCC4)c3)nc(NC3CCC(N4CCNCC4C)CC3)c12. The molecule has 1 atom stereocenters. The largest absolute Gasteiger partial charge is 0.381 e. The molecule has 2 aliphatic heterocycles. The van der Waals surface area contributed by atoms with Crippen molar-refractivity contribution < 1.29 is 4.74 Å². The molecule has 36 heavy (non-hydrogen) atoms. The molecular formula is C25H37N9OS. The Bertz CT molecular complexity index is 1170. The van der Waals surface area contributed by atoms with Gasteiger partial charge in [0.15, 0.2) is 4.83 Å². The van der Waals surface area contributed by atoms with Crippen LogP contribution in [0.3, 0.4) is 0 Å². The zero-order valence-corrected chi connectivity index (χ0v) is 22.1. The zero-order chi connectivity index (χ0) is 24.5. The van der Waals surface area contributed by atoms with Gasteiger partial charge in [-0.05, 0) is 63.9 Å². The molecule has 1 saturated carbocycles. The lowest BCUT2D eigenvalue weighted by Crippen LogP contribution is -2.55. The van der Waals surface area contributed by atoms with Crippen LogP contribution < -0.4 is 16.0 Å². The number of ether oxygens (including phenoxy) is 1. The predicted molar refractivity (Wildman–Crippen MR) is 143 cm³/mol. The number of anilines is 3. The van der Waals surface area contributed by atoms with E-state index in [-0.39, 0.29) is 0 Å². The first-order chi connectivity index (χ1) is 17.6. The lowest BCUT2D eigenvalue weighted by Gasteiger charge is -2.43. The first-order valence-electron chi connectivity index (χ1n) is 13.4. The minimum absolute atomic E-state index is 0.387. The van der Waals surface area contributed by atoms with E-state index in [1.54, 1.807) is 0 Å². The van der Waals surface area contributed by atoms with Gasteiger partial charge in [-0.25, -0.2) is 0 Å². The fraction of sp³-hybridized carbons (Fsp3) is 0.680. The molecule has 3 fully saturated rings. The van der Waals surface area contributed by atoms with E-state index in [4.69, 9.17) is 14.7 Å². The summed E-state index contributed by atoms with van der Waals surface area (Å²) in [5.74, 6) is 1.48. The first kappa shape index (κ1) is 24.0. The molecule has 3 N–H and O–H groups in total. The highest BCUT2D eigenvalue weighted by Crippen LogP contribution is 2.33. The maximum absolute atomic E-state index is 5.49. The van der Waals surface area contributed by atoms with Crippen LogP contribution in [0.5, 0.6) is 0 Å². The van der Waals surface area contributed by atoms with E-state index in [2.05, 4.69) is 37.2 Å². The van der Waals surface area contributed by atoms with Gasteiger partial charge >= 0.3 is 0 Å². The molecule has 3 aromatic rings. The van der Waals surface area contributed by atoms with Crippen LogP contribution in [0, 0.1) is 6.92 Å². The maximum atomic E-state index is 5.49. The summed E-state index contributed by atoms with van der Waals surface area (Å²) in [5.41, 5.74) is 1.89. The second kappa shape index (κ2) is 10.6. The van der Waals surface area contributed by atoms with Crippen LogP contribution in [0.15, 0.2) is 12.4 Å². The van der Waals surface area contributed by atoms with E-state index in [0.29, 0.717) is 30.1 Å². The fourth-order valence-electron chi connectivity index (χ4n) is 5.98. The molecule has 1 aliphatic carbocycles. The second-order valence-corrected chi connectivity index (χ2v) is 11.2. The van der Waals surface area contributed by atoms with E-state index in [1.165, 1.54) is 24.4 Å². The number of aryl methyl sites for hydroxylation is 1. The quantitative estimate of drug-likeness (QED) is 0.457. The van der Waals surface area contributed by atoms with E-state index in [1.807, 2.05) is 24.0 Å². The highest BCUT2D eigenvalue weighted by atomic mass is 32.1. The van der Waals surface area contributed by atoms with Crippen molar-refractivity contribution in [1.29, 1.82) is 0 Å². The lowest BCUT2D eigenvalue weighted by molar-refractivity contribution is 0.0662. The number of hydrogen-bond acceptors (Lipinski definition) is 10. The molecule has 0 bridgehead atoms. The van der Waals surface area contributed by atoms with Crippen molar-refractivity contribution in [3.05, 3.63) is 18.1 Å². The molecule has 1 unspecified atom stereocenters. The van der Waals surface area contributed by atoms with Gasteiger partial charge in [-0.15, -0.1) is 0 Å². The van der Waals surface area contributed by atoms with Crippen LogP contribution in [0.1, 0.15) is 57.2 Å². The Morgan fingerprint density at radius 2 is 1.92 bits per heavy atom. The molecule has 0 spiro atoms. The van der Waals surface area contributed by atoms with Gasteiger partial charge < -0.3 is 20.7 Å². The molecule has 194 valence electrons. The summed E-state index contributed by atoms with van der Waals surface area (Å²) in [7, 11) is 0. The Hall–Kier alpha value is -2.34. The Morgan fingerprint density at radius 1 is 1.08 bits per heavy atom. The summed E-state index contributed by atoms with van der Waals surface area (Å²) in [5, 5.41) is 16.3. The molecule has 0 radical (unpaired) electrons. The van der Waals surface area contributed by atoms with Gasteiger partial charge in [0.2, 0.25) is 5.95 Å². The maximum Gasteiger partial charge on any atom is 0.230 e. The third-order valence-corrected chi connectivity index (χ3v) is 8.82. The first-order valence-corrected chi connectivity index (χ1v) is 14.2. The molecule has 2 saturated heterocycles. The normalized spacial score (nSPS) is 26.3. The average molecular weight is 512 g/mol. The van der Waals surface area contributed by atoms with Crippen molar-refractivity contribution in [3.63, 3.8) is 0 Å². The van der Waals surface area contributed by atoms with E-state index in [9.17, 15) is 0 Å². The van der Waals surface area contributed by atoms with Gasteiger partial charge in [0.05, 0.1) is 29.0 Å². The Labute approximate surface area is 216 Å². The second-order valence-electron chi connectivity index (χ2n) is 10.5. The van der Waals surface area contributed by atoms with Gasteiger partial charge in [-0.1, -0.05) is 0 Å². The van der Waals surface area contributed by atoms with Crippen molar-refractivity contribution in [3.8, 4) is 0 Å². The van der Waals surface area contributed by atoms with E-state index >= 15 is 0 Å².